The number of nitrogens with zero attached hydrogens (tertiary/aromatic N) is 2. The van der Waals surface area contributed by atoms with Gasteiger partial charge in [-0.15, -0.1) is 0 Å². The van der Waals surface area contributed by atoms with Crippen molar-refractivity contribution in [1.82, 2.24) is 4.98 Å². The molecule has 1 aromatic heterocycles. The van der Waals surface area contributed by atoms with Gasteiger partial charge >= 0.3 is 0 Å². The summed E-state index contributed by atoms with van der Waals surface area (Å²) >= 11 is 0. The monoisotopic (exact) mass is 248 g/mol. The molecule has 1 heterocycles. The van der Waals surface area contributed by atoms with Crippen molar-refractivity contribution in [2.45, 2.75) is 53.9 Å². The van der Waals surface area contributed by atoms with E-state index in [0.29, 0.717) is 0 Å². The van der Waals surface area contributed by atoms with Gasteiger partial charge in [-0.25, -0.2) is 4.98 Å². The molecule has 0 N–H and O–H groups in total. The zero-order chi connectivity index (χ0) is 13.5. The molecule has 0 radical (unpaired) electrons. The highest BCUT2D eigenvalue weighted by atomic mass is 15.2. The molecule has 1 atom stereocenters. The first-order valence-electron chi connectivity index (χ1n) is 7.32. The molecule has 1 rings (SSSR count). The van der Waals surface area contributed by atoms with E-state index >= 15 is 0 Å². The lowest BCUT2D eigenvalue weighted by molar-refractivity contribution is 0.538. The van der Waals surface area contributed by atoms with Crippen LogP contribution in [0.15, 0.2) is 12.3 Å². The van der Waals surface area contributed by atoms with Crippen LogP contribution in [0, 0.1) is 12.8 Å². The summed E-state index contributed by atoms with van der Waals surface area (Å²) in [6.45, 7) is 13.4. The van der Waals surface area contributed by atoms with Gasteiger partial charge in [-0.05, 0) is 36.8 Å². The zero-order valence-electron chi connectivity index (χ0n) is 12.7. The summed E-state index contributed by atoms with van der Waals surface area (Å²) in [5, 5.41) is 0. The van der Waals surface area contributed by atoms with Crippen LogP contribution in [-0.4, -0.2) is 18.1 Å². The summed E-state index contributed by atoms with van der Waals surface area (Å²) in [5.41, 5.74) is 2.64. The van der Waals surface area contributed by atoms with Crippen LogP contribution < -0.4 is 4.90 Å². The Morgan fingerprint density at radius 1 is 1.28 bits per heavy atom. The summed E-state index contributed by atoms with van der Waals surface area (Å²) in [6, 6.07) is 2.28. The van der Waals surface area contributed by atoms with E-state index in [1.807, 2.05) is 6.20 Å². The molecular weight excluding hydrogens is 220 g/mol. The van der Waals surface area contributed by atoms with E-state index in [1.165, 1.54) is 29.8 Å². The molecule has 0 aromatic carbocycles. The van der Waals surface area contributed by atoms with E-state index in [1.54, 1.807) is 0 Å². The maximum Gasteiger partial charge on any atom is 0.131 e. The van der Waals surface area contributed by atoms with Crippen LogP contribution >= 0.6 is 0 Å². The van der Waals surface area contributed by atoms with Gasteiger partial charge in [0.1, 0.15) is 5.82 Å². The van der Waals surface area contributed by atoms with Crippen molar-refractivity contribution >= 4 is 5.82 Å². The standard InChI is InChI=1S/C16H28N2/c1-6-9-18(12-13(4)7-2)16-14(5)10-15(8-3)11-17-16/h10-11,13H,6-9,12H2,1-5H3. The van der Waals surface area contributed by atoms with Gasteiger partial charge in [-0.2, -0.15) is 0 Å². The Kier molecular flexibility index (Phi) is 6.17. The second kappa shape index (κ2) is 7.40. The summed E-state index contributed by atoms with van der Waals surface area (Å²) in [5.74, 6) is 1.90. The summed E-state index contributed by atoms with van der Waals surface area (Å²) in [7, 11) is 0. The fraction of sp³-hybridized carbons (Fsp3) is 0.688. The van der Waals surface area contributed by atoms with Crippen molar-refractivity contribution in [3.05, 3.63) is 23.4 Å². The molecule has 0 bridgehead atoms. The first kappa shape index (κ1) is 15.0. The minimum Gasteiger partial charge on any atom is -0.356 e. The maximum absolute atomic E-state index is 4.68. The largest absolute Gasteiger partial charge is 0.356 e. The number of hydrogen-bond donors (Lipinski definition) is 0. The first-order chi connectivity index (χ1) is 8.62. The Morgan fingerprint density at radius 2 is 2.00 bits per heavy atom. The third-order valence-electron chi connectivity index (χ3n) is 3.54. The van der Waals surface area contributed by atoms with Crippen molar-refractivity contribution < 1.29 is 0 Å². The van der Waals surface area contributed by atoms with Gasteiger partial charge in [0.25, 0.3) is 0 Å². The molecule has 0 fully saturated rings. The number of rotatable bonds is 7. The van der Waals surface area contributed by atoms with Crippen LogP contribution in [0.1, 0.15) is 51.7 Å². The van der Waals surface area contributed by atoms with E-state index < -0.39 is 0 Å². The Balaban J connectivity index is 2.90. The van der Waals surface area contributed by atoms with E-state index in [9.17, 15) is 0 Å². The van der Waals surface area contributed by atoms with Gasteiger partial charge in [0.15, 0.2) is 0 Å². The van der Waals surface area contributed by atoms with Gasteiger partial charge in [0.05, 0.1) is 0 Å². The predicted molar refractivity (Wildman–Crippen MR) is 80.3 cm³/mol. The maximum atomic E-state index is 4.68. The van der Waals surface area contributed by atoms with Crippen LogP contribution in [0.5, 0.6) is 0 Å². The number of aromatic nitrogens is 1. The quantitative estimate of drug-likeness (QED) is 0.718. The molecule has 2 nitrogen and oxygen atoms in total. The molecule has 1 unspecified atom stereocenters. The highest BCUT2D eigenvalue weighted by Gasteiger charge is 2.13. The first-order valence-corrected chi connectivity index (χ1v) is 7.32. The summed E-state index contributed by atoms with van der Waals surface area (Å²) < 4.78 is 0. The molecule has 2 heteroatoms. The van der Waals surface area contributed by atoms with Crippen LogP contribution in [-0.2, 0) is 6.42 Å². The second-order valence-electron chi connectivity index (χ2n) is 5.30. The molecule has 1 aromatic rings. The smallest absolute Gasteiger partial charge is 0.131 e. The van der Waals surface area contributed by atoms with E-state index in [2.05, 4.69) is 50.6 Å². The van der Waals surface area contributed by atoms with Crippen LogP contribution in [0.3, 0.4) is 0 Å². The Labute approximate surface area is 112 Å². The zero-order valence-corrected chi connectivity index (χ0v) is 12.7. The van der Waals surface area contributed by atoms with Gasteiger partial charge in [-0.1, -0.05) is 40.2 Å². The lowest BCUT2D eigenvalue weighted by Gasteiger charge is -2.27. The highest BCUT2D eigenvalue weighted by Crippen LogP contribution is 2.20. The Hall–Kier alpha value is -1.05. The molecule has 0 aliphatic carbocycles. The van der Waals surface area contributed by atoms with E-state index in [0.717, 1.165) is 25.4 Å². The van der Waals surface area contributed by atoms with Crippen LogP contribution in [0.25, 0.3) is 0 Å². The topological polar surface area (TPSA) is 16.1 Å². The Bertz CT molecular complexity index is 360. The van der Waals surface area contributed by atoms with Gasteiger partial charge in [0, 0.05) is 19.3 Å². The van der Waals surface area contributed by atoms with Crippen molar-refractivity contribution in [3.8, 4) is 0 Å². The fourth-order valence-corrected chi connectivity index (χ4v) is 2.21. The van der Waals surface area contributed by atoms with Gasteiger partial charge < -0.3 is 4.90 Å². The predicted octanol–water partition coefficient (Wildman–Crippen LogP) is 4.21. The van der Waals surface area contributed by atoms with Gasteiger partial charge in [0.2, 0.25) is 0 Å². The third kappa shape index (κ3) is 4.01. The van der Waals surface area contributed by atoms with Crippen molar-refractivity contribution in [2.75, 3.05) is 18.0 Å². The second-order valence-corrected chi connectivity index (χ2v) is 5.30. The number of aryl methyl sites for hydroxylation is 2. The average molecular weight is 248 g/mol. The van der Waals surface area contributed by atoms with E-state index in [4.69, 9.17) is 0 Å². The molecule has 102 valence electrons. The highest BCUT2D eigenvalue weighted by molar-refractivity contribution is 5.47. The van der Waals surface area contributed by atoms with Crippen molar-refractivity contribution in [2.24, 2.45) is 5.92 Å². The van der Waals surface area contributed by atoms with Gasteiger partial charge in [-0.3, -0.25) is 0 Å². The molecule has 0 aliphatic rings. The summed E-state index contributed by atoms with van der Waals surface area (Å²) in [6.07, 6.45) is 5.49. The van der Waals surface area contributed by atoms with Crippen LogP contribution in [0.4, 0.5) is 5.82 Å². The minimum atomic E-state index is 0.726. The van der Waals surface area contributed by atoms with E-state index in [-0.39, 0.29) is 0 Å². The third-order valence-corrected chi connectivity index (χ3v) is 3.54. The molecule has 0 saturated heterocycles. The number of pyridine rings is 1. The average Bonchev–Trinajstić information content (AvgIpc) is 2.38. The molecule has 0 aliphatic heterocycles. The molecule has 0 amide bonds. The number of anilines is 1. The van der Waals surface area contributed by atoms with Crippen molar-refractivity contribution in [1.29, 1.82) is 0 Å². The molecule has 0 saturated carbocycles. The van der Waals surface area contributed by atoms with Crippen LogP contribution in [0.2, 0.25) is 0 Å². The fourth-order valence-electron chi connectivity index (χ4n) is 2.21. The lowest BCUT2D eigenvalue weighted by Crippen LogP contribution is -2.30. The summed E-state index contributed by atoms with van der Waals surface area (Å²) in [4.78, 5) is 7.13. The normalized spacial score (nSPS) is 12.5. The minimum absolute atomic E-state index is 0.726. The van der Waals surface area contributed by atoms with Crippen molar-refractivity contribution in [3.63, 3.8) is 0 Å². The molecule has 18 heavy (non-hydrogen) atoms. The number of hydrogen-bond acceptors (Lipinski definition) is 2. The SMILES string of the molecule is CCCN(CC(C)CC)c1ncc(CC)cc1C. The lowest BCUT2D eigenvalue weighted by atomic mass is 10.1. The molecular formula is C16H28N2. The molecule has 0 spiro atoms. The Morgan fingerprint density at radius 3 is 2.50 bits per heavy atom.